The number of nitrogens with zero attached hydrogens (tertiary/aromatic N) is 1. The van der Waals surface area contributed by atoms with E-state index in [2.05, 4.69) is 0 Å². The highest BCUT2D eigenvalue weighted by Crippen LogP contribution is 2.30. The van der Waals surface area contributed by atoms with Crippen LogP contribution in [0.25, 0.3) is 0 Å². The predicted octanol–water partition coefficient (Wildman–Crippen LogP) is 2.29. The highest BCUT2D eigenvalue weighted by molar-refractivity contribution is 5.50. The van der Waals surface area contributed by atoms with Crippen LogP contribution in [0.3, 0.4) is 0 Å². The number of hydrogen-bond acceptors (Lipinski definition) is 2. The third-order valence-corrected chi connectivity index (χ3v) is 2.41. The van der Waals surface area contributed by atoms with Crippen molar-refractivity contribution in [3.05, 3.63) is 24.3 Å². The summed E-state index contributed by atoms with van der Waals surface area (Å²) in [5.41, 5.74) is 1.08. The van der Waals surface area contributed by atoms with E-state index >= 15 is 0 Å². The number of methoxy groups -OCH3 is 1. The molecule has 0 atom stereocenters. The van der Waals surface area contributed by atoms with Crippen molar-refractivity contribution in [2.24, 2.45) is 0 Å². The fourth-order valence-corrected chi connectivity index (χ4v) is 1.38. The maximum absolute atomic E-state index is 7.98. The van der Waals surface area contributed by atoms with Crippen LogP contribution in [0.15, 0.2) is 24.3 Å². The van der Waals surface area contributed by atoms with E-state index in [1.54, 1.807) is 7.11 Å². The zero-order valence-electron chi connectivity index (χ0n) is 9.08. The monoisotopic (exact) mass is 178 g/mol. The maximum Gasteiger partial charge on any atom is 0.119 e. The summed E-state index contributed by atoms with van der Waals surface area (Å²) in [4.78, 5) is 2.02. The summed E-state index contributed by atoms with van der Waals surface area (Å²) in [7, 11) is 3.63. The van der Waals surface area contributed by atoms with E-state index in [1.165, 1.54) is 0 Å². The zero-order valence-corrected chi connectivity index (χ0v) is 8.08. The molecule has 1 aromatic rings. The summed E-state index contributed by atoms with van der Waals surface area (Å²) in [6.07, 6.45) is 1.94. The van der Waals surface area contributed by atoms with Crippen molar-refractivity contribution in [2.45, 2.75) is 18.9 Å². The lowest BCUT2D eigenvalue weighted by Crippen LogP contribution is -2.18. The molecule has 0 unspecified atom stereocenters. The minimum absolute atomic E-state index is 0.353. The van der Waals surface area contributed by atoms with Crippen molar-refractivity contribution >= 4 is 5.69 Å². The van der Waals surface area contributed by atoms with Gasteiger partial charge in [0, 0.05) is 18.8 Å². The number of hydrogen-bond donors (Lipinski definition) is 0. The van der Waals surface area contributed by atoms with Gasteiger partial charge in [0.25, 0.3) is 0 Å². The van der Waals surface area contributed by atoms with Gasteiger partial charge in [0.1, 0.15) is 5.75 Å². The van der Waals surface area contributed by atoms with Gasteiger partial charge >= 0.3 is 0 Å². The molecule has 0 spiro atoms. The highest BCUT2D eigenvalue weighted by Gasteiger charge is 2.26. The van der Waals surface area contributed by atoms with E-state index in [9.17, 15) is 0 Å². The third-order valence-electron chi connectivity index (χ3n) is 2.41. The minimum atomic E-state index is -0.353. The summed E-state index contributed by atoms with van der Waals surface area (Å²) in [6.45, 7) is 0. The van der Waals surface area contributed by atoms with Crippen LogP contribution in [0.2, 0.25) is 0 Å². The Morgan fingerprint density at radius 2 is 2.00 bits per heavy atom. The molecule has 0 N–H and O–H groups in total. The zero-order chi connectivity index (χ0) is 10.2. The molecule has 2 heteroatoms. The van der Waals surface area contributed by atoms with Crippen molar-refractivity contribution in [1.82, 2.24) is 0 Å². The van der Waals surface area contributed by atoms with E-state index in [1.807, 2.05) is 36.2 Å². The summed E-state index contributed by atoms with van der Waals surface area (Å²) in [5.74, 6) is 0.858. The Morgan fingerprint density at radius 1 is 1.38 bits per heavy atom. The van der Waals surface area contributed by atoms with Crippen molar-refractivity contribution in [3.63, 3.8) is 0 Å². The van der Waals surface area contributed by atoms with Gasteiger partial charge in [0.2, 0.25) is 0 Å². The van der Waals surface area contributed by atoms with Gasteiger partial charge in [0.05, 0.1) is 8.48 Å². The van der Waals surface area contributed by atoms with Crippen molar-refractivity contribution in [3.8, 4) is 5.75 Å². The van der Waals surface area contributed by atoms with E-state index in [0.29, 0.717) is 0 Å². The Hall–Kier alpha value is -1.18. The van der Waals surface area contributed by atoms with Crippen LogP contribution in [0, 0.1) is 0 Å². The number of ether oxygens (including phenoxy) is 1. The van der Waals surface area contributed by atoms with Gasteiger partial charge in [-0.05, 0) is 37.1 Å². The Bertz CT molecular complexity index is 319. The van der Waals surface area contributed by atoms with Crippen LogP contribution >= 0.6 is 0 Å². The van der Waals surface area contributed by atoms with E-state index in [-0.39, 0.29) is 6.02 Å². The van der Waals surface area contributed by atoms with Crippen LogP contribution in [0.4, 0.5) is 5.69 Å². The topological polar surface area (TPSA) is 12.5 Å². The first kappa shape index (κ1) is 7.25. The molecule has 13 heavy (non-hydrogen) atoms. The standard InChI is InChI=1S/C11H15NO/c1-12(9-3-4-9)10-5-7-11(13-2)8-6-10/h5-9H,3-4H2,1-2H3/i9D. The molecule has 2 rings (SSSR count). The number of anilines is 1. The molecule has 0 heterocycles. The fourth-order valence-electron chi connectivity index (χ4n) is 1.38. The molecule has 1 aliphatic rings. The quantitative estimate of drug-likeness (QED) is 0.704. The SMILES string of the molecule is [2H]C1(N(C)c2ccc(OC)cc2)CC1. The van der Waals surface area contributed by atoms with E-state index in [4.69, 9.17) is 6.11 Å². The second-order valence-electron chi connectivity index (χ2n) is 3.32. The number of benzene rings is 1. The average Bonchev–Trinajstić information content (AvgIpc) is 2.97. The van der Waals surface area contributed by atoms with Crippen LogP contribution in [0.1, 0.15) is 14.2 Å². The first-order chi connectivity index (χ1) is 6.65. The van der Waals surface area contributed by atoms with Crippen molar-refractivity contribution in [2.75, 3.05) is 19.1 Å². The smallest absolute Gasteiger partial charge is 0.119 e. The van der Waals surface area contributed by atoms with Crippen LogP contribution < -0.4 is 9.64 Å². The first-order valence-corrected chi connectivity index (χ1v) is 4.54. The molecule has 0 saturated heterocycles. The molecule has 0 amide bonds. The van der Waals surface area contributed by atoms with Gasteiger partial charge in [-0.2, -0.15) is 0 Å². The van der Waals surface area contributed by atoms with Gasteiger partial charge in [-0.1, -0.05) is 0 Å². The molecule has 1 aromatic carbocycles. The second kappa shape index (κ2) is 3.29. The van der Waals surface area contributed by atoms with E-state index < -0.39 is 0 Å². The molecule has 0 aromatic heterocycles. The summed E-state index contributed by atoms with van der Waals surface area (Å²) < 4.78 is 13.1. The molecule has 1 saturated carbocycles. The number of rotatable bonds is 3. The maximum atomic E-state index is 7.98. The predicted molar refractivity (Wildman–Crippen MR) is 54.4 cm³/mol. The van der Waals surface area contributed by atoms with Crippen LogP contribution in [0.5, 0.6) is 5.75 Å². The van der Waals surface area contributed by atoms with Gasteiger partial charge < -0.3 is 9.64 Å². The Morgan fingerprint density at radius 3 is 2.46 bits per heavy atom. The van der Waals surface area contributed by atoms with Gasteiger partial charge in [-0.3, -0.25) is 0 Å². The molecule has 2 nitrogen and oxygen atoms in total. The molecule has 1 fully saturated rings. The molecule has 0 radical (unpaired) electrons. The van der Waals surface area contributed by atoms with Crippen LogP contribution in [-0.4, -0.2) is 20.2 Å². The molecular formula is C11H15NO. The molecule has 0 bridgehead atoms. The average molecular weight is 178 g/mol. The van der Waals surface area contributed by atoms with Gasteiger partial charge in [-0.15, -0.1) is 0 Å². The third kappa shape index (κ3) is 1.77. The summed E-state index contributed by atoms with van der Waals surface area (Å²) in [5, 5.41) is 0. The Kier molecular flexibility index (Phi) is 1.83. The molecule has 0 aliphatic heterocycles. The molecular weight excluding hydrogens is 162 g/mol. The lowest BCUT2D eigenvalue weighted by Gasteiger charge is -2.18. The van der Waals surface area contributed by atoms with Crippen molar-refractivity contribution in [1.29, 1.82) is 0 Å². The fraction of sp³-hybridized carbons (Fsp3) is 0.455. The molecule has 70 valence electrons. The normalized spacial score (nSPS) is 19.1. The summed E-state index contributed by atoms with van der Waals surface area (Å²) in [6, 6.07) is 7.49. The van der Waals surface area contributed by atoms with Crippen LogP contribution in [-0.2, 0) is 0 Å². The van der Waals surface area contributed by atoms with Crippen molar-refractivity contribution < 1.29 is 6.11 Å². The summed E-state index contributed by atoms with van der Waals surface area (Å²) >= 11 is 0. The lowest BCUT2D eigenvalue weighted by atomic mass is 10.3. The Labute approximate surface area is 80.5 Å². The Balaban J connectivity index is 2.16. The van der Waals surface area contributed by atoms with Gasteiger partial charge in [-0.25, -0.2) is 0 Å². The lowest BCUT2D eigenvalue weighted by molar-refractivity contribution is 0.415. The van der Waals surface area contributed by atoms with Gasteiger partial charge in [0.15, 0.2) is 0 Å². The highest BCUT2D eigenvalue weighted by atomic mass is 16.5. The largest absolute Gasteiger partial charge is 0.497 e. The molecule has 1 aliphatic carbocycles. The van der Waals surface area contributed by atoms with E-state index in [0.717, 1.165) is 24.3 Å². The minimum Gasteiger partial charge on any atom is -0.497 e. The second-order valence-corrected chi connectivity index (χ2v) is 3.32. The first-order valence-electron chi connectivity index (χ1n) is 5.04.